The third kappa shape index (κ3) is 4.88. The van der Waals surface area contributed by atoms with Gasteiger partial charge in [0.05, 0.1) is 0 Å². The Labute approximate surface area is 179 Å². The van der Waals surface area contributed by atoms with E-state index in [1.807, 2.05) is 54.7 Å². The number of carbonyl (C=O) groups is 1. The second-order valence-corrected chi connectivity index (χ2v) is 8.26. The summed E-state index contributed by atoms with van der Waals surface area (Å²) >= 11 is 0. The molecular weight excluding hydrogens is 370 g/mol. The molecule has 4 rings (SSSR count). The number of amides is 1. The smallest absolute Gasteiger partial charge is 0.273 e. The van der Waals surface area contributed by atoms with E-state index < -0.39 is 0 Å². The fourth-order valence-corrected chi connectivity index (χ4v) is 4.33. The van der Waals surface area contributed by atoms with Gasteiger partial charge >= 0.3 is 0 Å². The van der Waals surface area contributed by atoms with Crippen LogP contribution in [0, 0.1) is 0 Å². The van der Waals surface area contributed by atoms with Crippen molar-refractivity contribution in [2.24, 2.45) is 0 Å². The summed E-state index contributed by atoms with van der Waals surface area (Å²) in [5.74, 6) is 0.0385. The highest BCUT2D eigenvalue weighted by Crippen LogP contribution is 2.23. The first kappa shape index (κ1) is 20.5. The van der Waals surface area contributed by atoms with Crippen LogP contribution in [0.5, 0.6) is 0 Å². The van der Waals surface area contributed by atoms with Gasteiger partial charge in [-0.3, -0.25) is 9.78 Å². The second-order valence-electron chi connectivity index (χ2n) is 8.26. The molecule has 0 bridgehead atoms. The third-order valence-electron chi connectivity index (χ3n) is 6.13. The van der Waals surface area contributed by atoms with E-state index >= 15 is 0 Å². The van der Waals surface area contributed by atoms with E-state index in [2.05, 4.69) is 33.8 Å². The van der Waals surface area contributed by atoms with Crippen molar-refractivity contribution in [2.75, 3.05) is 19.6 Å². The molecular formula is C26H31N3O. The summed E-state index contributed by atoms with van der Waals surface area (Å²) in [7, 11) is 0. The number of aromatic nitrogens is 1. The minimum atomic E-state index is 0.0385. The maximum absolute atomic E-state index is 13.6. The van der Waals surface area contributed by atoms with Crippen LogP contribution >= 0.6 is 0 Å². The van der Waals surface area contributed by atoms with Crippen molar-refractivity contribution in [1.82, 2.24) is 14.8 Å². The maximum Gasteiger partial charge on any atom is 0.273 e. The lowest BCUT2D eigenvalue weighted by Gasteiger charge is -2.38. The van der Waals surface area contributed by atoms with Crippen molar-refractivity contribution in [3.63, 3.8) is 0 Å². The van der Waals surface area contributed by atoms with Crippen molar-refractivity contribution in [3.05, 3.63) is 78.1 Å². The Morgan fingerprint density at radius 3 is 2.47 bits per heavy atom. The van der Waals surface area contributed by atoms with Crippen molar-refractivity contribution in [2.45, 2.75) is 45.2 Å². The molecule has 0 spiro atoms. The van der Waals surface area contributed by atoms with Crippen molar-refractivity contribution >= 4 is 16.7 Å². The van der Waals surface area contributed by atoms with Crippen molar-refractivity contribution in [1.29, 1.82) is 0 Å². The van der Waals surface area contributed by atoms with Crippen LogP contribution in [0.1, 0.15) is 48.7 Å². The SMILES string of the molecule is CCCCN1CCC(N(Cc2ccccc2)C(=O)c2cc3ccccc3cn2)CC1. The van der Waals surface area contributed by atoms with Crippen LogP contribution in [0.2, 0.25) is 0 Å². The van der Waals surface area contributed by atoms with E-state index in [1.54, 1.807) is 0 Å². The summed E-state index contributed by atoms with van der Waals surface area (Å²) in [5.41, 5.74) is 1.71. The summed E-state index contributed by atoms with van der Waals surface area (Å²) in [4.78, 5) is 22.7. The molecule has 1 amide bonds. The molecule has 1 aliphatic heterocycles. The zero-order valence-corrected chi connectivity index (χ0v) is 17.8. The Morgan fingerprint density at radius 2 is 1.73 bits per heavy atom. The molecule has 0 unspecified atom stereocenters. The van der Waals surface area contributed by atoms with Crippen molar-refractivity contribution < 1.29 is 4.79 Å². The van der Waals surface area contributed by atoms with Crippen LogP contribution in [0.4, 0.5) is 0 Å². The van der Waals surface area contributed by atoms with Crippen LogP contribution in [-0.4, -0.2) is 46.4 Å². The molecule has 4 nitrogen and oxygen atoms in total. The minimum Gasteiger partial charge on any atom is -0.330 e. The average Bonchev–Trinajstić information content (AvgIpc) is 2.81. The Bertz CT molecular complexity index is 964. The molecule has 156 valence electrons. The van der Waals surface area contributed by atoms with Gasteiger partial charge in [0, 0.05) is 37.3 Å². The first-order valence-electron chi connectivity index (χ1n) is 11.2. The van der Waals surface area contributed by atoms with Crippen molar-refractivity contribution in [3.8, 4) is 0 Å². The minimum absolute atomic E-state index is 0.0385. The number of likely N-dealkylation sites (tertiary alicyclic amines) is 1. The zero-order chi connectivity index (χ0) is 20.8. The van der Waals surface area contributed by atoms with E-state index in [-0.39, 0.29) is 11.9 Å². The summed E-state index contributed by atoms with van der Waals surface area (Å²) in [5, 5.41) is 2.12. The highest BCUT2D eigenvalue weighted by Gasteiger charge is 2.29. The molecule has 0 atom stereocenters. The summed E-state index contributed by atoms with van der Waals surface area (Å²) < 4.78 is 0. The lowest BCUT2D eigenvalue weighted by atomic mass is 10.0. The van der Waals surface area contributed by atoms with Gasteiger partial charge in [-0.15, -0.1) is 0 Å². The van der Waals surface area contributed by atoms with E-state index in [0.717, 1.165) is 36.7 Å². The molecule has 0 aliphatic carbocycles. The van der Waals surface area contributed by atoms with Gasteiger partial charge in [0.15, 0.2) is 0 Å². The number of rotatable bonds is 7. The van der Waals surface area contributed by atoms with Gasteiger partial charge in [-0.2, -0.15) is 0 Å². The fourth-order valence-electron chi connectivity index (χ4n) is 4.33. The molecule has 0 N–H and O–H groups in total. The van der Waals surface area contributed by atoms with E-state index in [9.17, 15) is 4.79 Å². The van der Waals surface area contributed by atoms with Crippen LogP contribution in [0.25, 0.3) is 10.8 Å². The zero-order valence-electron chi connectivity index (χ0n) is 17.8. The highest BCUT2D eigenvalue weighted by molar-refractivity contribution is 5.96. The standard InChI is InChI=1S/C26H31N3O/c1-2-3-15-28-16-13-24(14-17-28)29(20-21-9-5-4-6-10-21)26(30)25-18-22-11-7-8-12-23(22)19-27-25/h4-12,18-19,24H,2-3,13-17,20H2,1H3. The molecule has 2 heterocycles. The molecule has 1 saturated heterocycles. The summed E-state index contributed by atoms with van der Waals surface area (Å²) in [6.07, 6.45) is 6.34. The molecule has 4 heteroatoms. The predicted molar refractivity (Wildman–Crippen MR) is 122 cm³/mol. The first-order valence-corrected chi connectivity index (χ1v) is 11.2. The molecule has 0 radical (unpaired) electrons. The highest BCUT2D eigenvalue weighted by atomic mass is 16.2. The number of pyridine rings is 1. The molecule has 3 aromatic rings. The maximum atomic E-state index is 13.6. The largest absolute Gasteiger partial charge is 0.330 e. The average molecular weight is 402 g/mol. The number of unbranched alkanes of at least 4 members (excludes halogenated alkanes) is 1. The molecule has 1 aromatic heterocycles. The van der Waals surface area contributed by atoms with Gasteiger partial charge < -0.3 is 9.80 Å². The van der Waals surface area contributed by atoms with Gasteiger partial charge in [-0.05, 0) is 42.8 Å². The second kappa shape index (κ2) is 9.86. The van der Waals surface area contributed by atoms with Crippen LogP contribution < -0.4 is 0 Å². The van der Waals surface area contributed by atoms with E-state index in [1.165, 1.54) is 24.9 Å². The summed E-state index contributed by atoms with van der Waals surface area (Å²) in [6, 6.07) is 20.6. The quantitative estimate of drug-likeness (QED) is 0.550. The number of piperidine rings is 1. The molecule has 0 saturated carbocycles. The third-order valence-corrected chi connectivity index (χ3v) is 6.13. The van der Waals surface area contributed by atoms with E-state index in [4.69, 9.17) is 0 Å². The number of fused-ring (bicyclic) bond motifs is 1. The molecule has 30 heavy (non-hydrogen) atoms. The normalized spacial score (nSPS) is 15.4. The predicted octanol–water partition coefficient (Wildman–Crippen LogP) is 5.14. The van der Waals surface area contributed by atoms with Crippen LogP contribution in [0.15, 0.2) is 66.9 Å². The monoisotopic (exact) mass is 401 g/mol. The molecule has 1 fully saturated rings. The molecule has 1 aliphatic rings. The topological polar surface area (TPSA) is 36.4 Å². The van der Waals surface area contributed by atoms with Gasteiger partial charge in [0.1, 0.15) is 5.69 Å². The van der Waals surface area contributed by atoms with Crippen LogP contribution in [-0.2, 0) is 6.54 Å². The number of hydrogen-bond acceptors (Lipinski definition) is 3. The van der Waals surface area contributed by atoms with Gasteiger partial charge in [-0.25, -0.2) is 0 Å². The Kier molecular flexibility index (Phi) is 6.75. The fraction of sp³-hybridized carbons (Fsp3) is 0.385. The number of carbonyl (C=O) groups excluding carboxylic acids is 1. The lowest BCUT2D eigenvalue weighted by molar-refractivity contribution is 0.0543. The Balaban J connectivity index is 1.55. The lowest BCUT2D eigenvalue weighted by Crippen LogP contribution is -2.47. The number of nitrogens with zero attached hydrogens (tertiary/aromatic N) is 3. The van der Waals surface area contributed by atoms with Gasteiger partial charge in [0.25, 0.3) is 5.91 Å². The first-order chi connectivity index (χ1) is 14.7. The number of benzene rings is 2. The Hall–Kier alpha value is -2.72. The summed E-state index contributed by atoms with van der Waals surface area (Å²) in [6.45, 7) is 6.17. The number of hydrogen-bond donors (Lipinski definition) is 0. The molecule has 2 aromatic carbocycles. The van der Waals surface area contributed by atoms with E-state index in [0.29, 0.717) is 12.2 Å². The Morgan fingerprint density at radius 1 is 1.03 bits per heavy atom. The van der Waals surface area contributed by atoms with Crippen LogP contribution in [0.3, 0.4) is 0 Å². The van der Waals surface area contributed by atoms with Gasteiger partial charge in [0.2, 0.25) is 0 Å². The van der Waals surface area contributed by atoms with Gasteiger partial charge in [-0.1, -0.05) is 67.9 Å².